The molecule has 0 aromatic carbocycles. The van der Waals surface area contributed by atoms with Crippen LogP contribution in [-0.4, -0.2) is 23.3 Å². The molecule has 0 saturated heterocycles. The van der Waals surface area contributed by atoms with Crippen molar-refractivity contribution < 1.29 is 0 Å². The molecule has 3 heterocycles. The third kappa shape index (κ3) is 0.635. The fourth-order valence-electron chi connectivity index (χ4n) is 1.35. The number of aromatic nitrogens is 2. The van der Waals surface area contributed by atoms with Crippen molar-refractivity contribution in [3.8, 4) is 0 Å². The number of hydrogen-bond acceptors (Lipinski definition) is 6. The summed E-state index contributed by atoms with van der Waals surface area (Å²) in [7, 11) is 0. The van der Waals surface area contributed by atoms with Crippen molar-refractivity contribution in [3.05, 3.63) is 0 Å². The van der Waals surface area contributed by atoms with Gasteiger partial charge in [0.1, 0.15) is 0 Å². The van der Waals surface area contributed by atoms with E-state index in [1.165, 1.54) is 0 Å². The van der Waals surface area contributed by atoms with E-state index in [4.69, 9.17) is 0 Å². The molecule has 0 fully saturated rings. The summed E-state index contributed by atoms with van der Waals surface area (Å²) in [6.07, 6.45) is 0. The minimum Gasteiger partial charge on any atom is -0.350 e. The van der Waals surface area contributed by atoms with Crippen LogP contribution in [0.3, 0.4) is 0 Å². The second kappa shape index (κ2) is 1.90. The van der Waals surface area contributed by atoms with E-state index in [1.807, 2.05) is 0 Å². The van der Waals surface area contributed by atoms with Gasteiger partial charge in [0.05, 0.1) is 13.3 Å². The first kappa shape index (κ1) is 5.87. The van der Waals surface area contributed by atoms with Crippen LogP contribution in [-0.2, 0) is 0 Å². The Balaban J connectivity index is 2.18. The standard InChI is InChI=1S/C6H8N6/c1-7-3-4(8-1)12-6-5(11-3)9-2-10-6/h1-2H2,(H2,7,9,11)(H2,8,10,12). The molecule has 2 aliphatic rings. The maximum absolute atomic E-state index is 4.32. The van der Waals surface area contributed by atoms with Gasteiger partial charge in [-0.15, -0.1) is 0 Å². The Bertz CT molecular complexity index is 275. The summed E-state index contributed by atoms with van der Waals surface area (Å²) in [6.45, 7) is 1.41. The van der Waals surface area contributed by atoms with Crippen LogP contribution in [0.2, 0.25) is 0 Å². The first-order valence-electron chi connectivity index (χ1n) is 3.81. The quantitative estimate of drug-likeness (QED) is 0.434. The van der Waals surface area contributed by atoms with Gasteiger partial charge in [-0.2, -0.15) is 0 Å². The number of nitrogens with zero attached hydrogens (tertiary/aromatic N) is 2. The van der Waals surface area contributed by atoms with Gasteiger partial charge in [-0.25, -0.2) is 9.97 Å². The van der Waals surface area contributed by atoms with Crippen LogP contribution in [0.4, 0.5) is 23.3 Å². The van der Waals surface area contributed by atoms with Crippen molar-refractivity contribution in [2.75, 3.05) is 34.6 Å². The van der Waals surface area contributed by atoms with E-state index in [-0.39, 0.29) is 0 Å². The van der Waals surface area contributed by atoms with E-state index in [0.29, 0.717) is 13.3 Å². The van der Waals surface area contributed by atoms with Crippen LogP contribution in [0.15, 0.2) is 0 Å². The second-order valence-corrected chi connectivity index (χ2v) is 2.68. The molecule has 0 bridgehead atoms. The van der Waals surface area contributed by atoms with Crippen LogP contribution < -0.4 is 21.3 Å². The van der Waals surface area contributed by atoms with Crippen LogP contribution >= 0.6 is 0 Å². The van der Waals surface area contributed by atoms with Crippen LogP contribution in [0.5, 0.6) is 0 Å². The van der Waals surface area contributed by atoms with Crippen molar-refractivity contribution in [1.29, 1.82) is 0 Å². The largest absolute Gasteiger partial charge is 0.350 e. The van der Waals surface area contributed by atoms with E-state index < -0.39 is 0 Å². The van der Waals surface area contributed by atoms with E-state index in [1.54, 1.807) is 0 Å². The van der Waals surface area contributed by atoms with Gasteiger partial charge >= 0.3 is 0 Å². The van der Waals surface area contributed by atoms with Crippen LogP contribution in [0.1, 0.15) is 0 Å². The fraction of sp³-hybridized carbons (Fsp3) is 0.333. The van der Waals surface area contributed by atoms with Crippen molar-refractivity contribution in [3.63, 3.8) is 0 Å². The average molecular weight is 164 g/mol. The second-order valence-electron chi connectivity index (χ2n) is 2.68. The van der Waals surface area contributed by atoms with E-state index in [0.717, 1.165) is 23.3 Å². The molecular formula is C6H8N6. The third-order valence-corrected chi connectivity index (χ3v) is 1.92. The molecule has 62 valence electrons. The van der Waals surface area contributed by atoms with Gasteiger partial charge in [0.15, 0.2) is 23.3 Å². The SMILES string of the molecule is C1Nc2nc3c(nc2N1)NCN3. The topological polar surface area (TPSA) is 73.9 Å². The molecule has 1 aromatic rings. The molecule has 0 spiro atoms. The Hall–Kier alpha value is -1.72. The summed E-state index contributed by atoms with van der Waals surface area (Å²) in [5.41, 5.74) is 0. The van der Waals surface area contributed by atoms with Gasteiger partial charge in [0, 0.05) is 0 Å². The Morgan fingerprint density at radius 3 is 1.33 bits per heavy atom. The Labute approximate surface area is 68.8 Å². The first-order valence-corrected chi connectivity index (χ1v) is 3.81. The molecule has 0 radical (unpaired) electrons. The number of hydrogen-bond donors (Lipinski definition) is 4. The highest BCUT2D eigenvalue weighted by Crippen LogP contribution is 2.30. The lowest BCUT2D eigenvalue weighted by molar-refractivity contribution is 1.24. The highest BCUT2D eigenvalue weighted by atomic mass is 15.3. The van der Waals surface area contributed by atoms with Gasteiger partial charge in [-0.1, -0.05) is 0 Å². The summed E-state index contributed by atoms with van der Waals surface area (Å²) in [4.78, 5) is 8.65. The summed E-state index contributed by atoms with van der Waals surface area (Å²) in [5, 5.41) is 12.3. The zero-order valence-corrected chi connectivity index (χ0v) is 6.31. The van der Waals surface area contributed by atoms with Gasteiger partial charge < -0.3 is 21.3 Å². The molecule has 12 heavy (non-hydrogen) atoms. The van der Waals surface area contributed by atoms with Gasteiger partial charge in [0.25, 0.3) is 0 Å². The molecular weight excluding hydrogens is 156 g/mol. The Morgan fingerprint density at radius 1 is 0.667 bits per heavy atom. The predicted octanol–water partition coefficient (Wildman–Crippen LogP) is 0.0664. The fourth-order valence-corrected chi connectivity index (χ4v) is 1.35. The minimum atomic E-state index is 0.707. The van der Waals surface area contributed by atoms with Crippen LogP contribution in [0, 0.1) is 0 Å². The van der Waals surface area contributed by atoms with Gasteiger partial charge in [-0.3, -0.25) is 0 Å². The zero-order valence-electron chi connectivity index (χ0n) is 6.31. The summed E-state index contributed by atoms with van der Waals surface area (Å²) >= 11 is 0. The maximum Gasteiger partial charge on any atom is 0.172 e. The van der Waals surface area contributed by atoms with Crippen molar-refractivity contribution >= 4 is 23.3 Å². The molecule has 0 unspecified atom stereocenters. The normalized spacial score (nSPS) is 16.7. The predicted molar refractivity (Wildman–Crippen MR) is 46.3 cm³/mol. The third-order valence-electron chi connectivity index (χ3n) is 1.92. The lowest BCUT2D eigenvalue weighted by Crippen LogP contribution is -2.02. The lowest BCUT2D eigenvalue weighted by atomic mass is 10.5. The minimum absolute atomic E-state index is 0.707. The Morgan fingerprint density at radius 2 is 1.00 bits per heavy atom. The van der Waals surface area contributed by atoms with E-state index >= 15 is 0 Å². The smallest absolute Gasteiger partial charge is 0.172 e. The number of anilines is 4. The molecule has 6 nitrogen and oxygen atoms in total. The highest BCUT2D eigenvalue weighted by molar-refractivity contribution is 5.75. The van der Waals surface area contributed by atoms with E-state index in [9.17, 15) is 0 Å². The summed E-state index contributed by atoms with van der Waals surface area (Å²) in [5.74, 6) is 3.30. The molecule has 0 amide bonds. The van der Waals surface area contributed by atoms with Gasteiger partial charge in [0.2, 0.25) is 0 Å². The molecule has 2 aliphatic heterocycles. The lowest BCUT2D eigenvalue weighted by Gasteiger charge is -1.99. The molecule has 6 heteroatoms. The maximum atomic E-state index is 4.32. The van der Waals surface area contributed by atoms with E-state index in [2.05, 4.69) is 31.2 Å². The van der Waals surface area contributed by atoms with Crippen molar-refractivity contribution in [2.45, 2.75) is 0 Å². The number of rotatable bonds is 0. The number of nitrogens with one attached hydrogen (secondary N) is 4. The molecule has 1 aromatic heterocycles. The molecule has 4 N–H and O–H groups in total. The van der Waals surface area contributed by atoms with Crippen molar-refractivity contribution in [2.24, 2.45) is 0 Å². The molecule has 0 saturated carbocycles. The monoisotopic (exact) mass is 164 g/mol. The Kier molecular flexibility index (Phi) is 0.931. The molecule has 0 aliphatic carbocycles. The summed E-state index contributed by atoms with van der Waals surface area (Å²) < 4.78 is 0. The molecule has 3 rings (SSSR count). The highest BCUT2D eigenvalue weighted by Gasteiger charge is 2.19. The van der Waals surface area contributed by atoms with Crippen molar-refractivity contribution in [1.82, 2.24) is 9.97 Å². The van der Waals surface area contributed by atoms with Crippen LogP contribution in [0.25, 0.3) is 0 Å². The zero-order chi connectivity index (χ0) is 7.97. The number of fused-ring (bicyclic) bond motifs is 2. The molecule has 0 atom stereocenters. The average Bonchev–Trinajstić information content (AvgIpc) is 2.64. The first-order chi connectivity index (χ1) is 5.93. The summed E-state index contributed by atoms with van der Waals surface area (Å²) in [6, 6.07) is 0. The van der Waals surface area contributed by atoms with Gasteiger partial charge in [-0.05, 0) is 0 Å².